The summed E-state index contributed by atoms with van der Waals surface area (Å²) >= 11 is 5.05. The molecule has 0 amide bonds. The van der Waals surface area contributed by atoms with Crippen molar-refractivity contribution in [1.29, 1.82) is 0 Å². The van der Waals surface area contributed by atoms with Crippen LogP contribution in [0.1, 0.15) is 18.1 Å². The minimum atomic E-state index is -4.33. The highest BCUT2D eigenvalue weighted by Gasteiger charge is 2.30. The van der Waals surface area contributed by atoms with Gasteiger partial charge in [-0.1, -0.05) is 12.1 Å². The van der Waals surface area contributed by atoms with E-state index in [0.717, 1.165) is 12.1 Å². The molecule has 0 heterocycles. The maximum atomic E-state index is 12.6. The van der Waals surface area contributed by atoms with Gasteiger partial charge in [-0.15, -0.1) is 0 Å². The Labute approximate surface area is 121 Å². The van der Waals surface area contributed by atoms with Crippen molar-refractivity contribution >= 4 is 17.3 Å². The van der Waals surface area contributed by atoms with Crippen molar-refractivity contribution in [2.75, 3.05) is 13.7 Å². The first-order valence-corrected chi connectivity index (χ1v) is 6.43. The van der Waals surface area contributed by atoms with Crippen molar-refractivity contribution in [1.82, 2.24) is 10.6 Å². The van der Waals surface area contributed by atoms with E-state index >= 15 is 0 Å². The molecule has 3 nitrogen and oxygen atoms in total. The molecule has 0 radical (unpaired) electrons. The van der Waals surface area contributed by atoms with Gasteiger partial charge < -0.3 is 15.4 Å². The first-order valence-electron chi connectivity index (χ1n) is 6.02. The van der Waals surface area contributed by atoms with Crippen LogP contribution in [-0.4, -0.2) is 24.9 Å². The van der Waals surface area contributed by atoms with E-state index in [9.17, 15) is 13.2 Å². The van der Waals surface area contributed by atoms with Crippen LogP contribution in [0.25, 0.3) is 0 Å². The summed E-state index contributed by atoms with van der Waals surface area (Å²) in [6.07, 6.45) is -4.33. The summed E-state index contributed by atoms with van der Waals surface area (Å²) < 4.78 is 42.6. The van der Waals surface area contributed by atoms with Gasteiger partial charge in [0.1, 0.15) is 0 Å². The molecule has 112 valence electrons. The van der Waals surface area contributed by atoms with Crippen LogP contribution in [0.3, 0.4) is 0 Å². The summed E-state index contributed by atoms with van der Waals surface area (Å²) in [6.45, 7) is 2.61. The highest BCUT2D eigenvalue weighted by molar-refractivity contribution is 7.80. The first-order chi connectivity index (χ1) is 9.32. The number of hydrogen-bond acceptors (Lipinski definition) is 2. The quantitative estimate of drug-likeness (QED) is 0.820. The molecule has 0 fully saturated rings. The zero-order chi connectivity index (χ0) is 15.2. The summed E-state index contributed by atoms with van der Waals surface area (Å²) in [5.41, 5.74) is -0.146. The van der Waals surface area contributed by atoms with Crippen LogP contribution < -0.4 is 10.6 Å². The molecule has 7 heteroatoms. The van der Waals surface area contributed by atoms with E-state index in [1.807, 2.05) is 6.92 Å². The molecule has 1 atom stereocenters. The molecular weight excluding hydrogens is 289 g/mol. The third-order valence-corrected chi connectivity index (χ3v) is 2.76. The van der Waals surface area contributed by atoms with Crippen LogP contribution in [0.5, 0.6) is 0 Å². The normalized spacial score (nSPS) is 12.8. The van der Waals surface area contributed by atoms with Gasteiger partial charge in [0, 0.05) is 19.7 Å². The largest absolute Gasteiger partial charge is 0.416 e. The van der Waals surface area contributed by atoms with E-state index in [1.165, 1.54) is 6.07 Å². The predicted octanol–water partition coefficient (Wildman–Crippen LogP) is 2.70. The van der Waals surface area contributed by atoms with E-state index in [4.69, 9.17) is 17.0 Å². The number of benzene rings is 1. The van der Waals surface area contributed by atoms with Gasteiger partial charge in [0.25, 0.3) is 0 Å². The molecule has 1 unspecified atom stereocenters. The van der Waals surface area contributed by atoms with E-state index in [0.29, 0.717) is 17.3 Å². The Bertz CT molecular complexity index is 451. The fraction of sp³-hybridized carbons (Fsp3) is 0.462. The van der Waals surface area contributed by atoms with Crippen molar-refractivity contribution in [3.8, 4) is 0 Å². The molecular formula is C13H17F3N2OS. The zero-order valence-electron chi connectivity index (χ0n) is 11.3. The van der Waals surface area contributed by atoms with Gasteiger partial charge in [-0.3, -0.25) is 0 Å². The second kappa shape index (κ2) is 7.44. The van der Waals surface area contributed by atoms with Crippen molar-refractivity contribution in [2.24, 2.45) is 0 Å². The number of methoxy groups -OCH3 is 1. The smallest absolute Gasteiger partial charge is 0.383 e. The number of alkyl halides is 3. The van der Waals surface area contributed by atoms with Gasteiger partial charge in [0.2, 0.25) is 0 Å². The topological polar surface area (TPSA) is 33.3 Å². The first kappa shape index (κ1) is 16.7. The molecule has 0 saturated heterocycles. The van der Waals surface area contributed by atoms with Gasteiger partial charge in [0.05, 0.1) is 12.2 Å². The molecule has 0 saturated carbocycles. The standard InChI is InChI=1S/C13H17F3N2OS/c1-9(8-19-2)18-12(20)17-7-10-4-3-5-11(6-10)13(14,15)16/h3-6,9H,7-8H2,1-2H3,(H2,17,18,20). The van der Waals surface area contributed by atoms with Gasteiger partial charge in [-0.2, -0.15) is 13.2 Å². The summed E-state index contributed by atoms with van der Waals surface area (Å²) in [4.78, 5) is 0. The molecule has 20 heavy (non-hydrogen) atoms. The van der Waals surface area contributed by atoms with Gasteiger partial charge in [0.15, 0.2) is 5.11 Å². The van der Waals surface area contributed by atoms with E-state index < -0.39 is 11.7 Å². The maximum Gasteiger partial charge on any atom is 0.416 e. The Morgan fingerprint density at radius 3 is 2.70 bits per heavy atom. The van der Waals surface area contributed by atoms with E-state index in [-0.39, 0.29) is 12.6 Å². The summed E-state index contributed by atoms with van der Waals surface area (Å²) in [7, 11) is 1.58. The molecule has 2 N–H and O–H groups in total. The molecule has 0 aliphatic rings. The number of thiocarbonyl (C=S) groups is 1. The predicted molar refractivity (Wildman–Crippen MR) is 75.4 cm³/mol. The van der Waals surface area contributed by atoms with Crippen molar-refractivity contribution in [3.05, 3.63) is 35.4 Å². The second-order valence-corrected chi connectivity index (χ2v) is 4.79. The number of nitrogens with one attached hydrogen (secondary N) is 2. The molecule has 0 aromatic heterocycles. The monoisotopic (exact) mass is 306 g/mol. The van der Waals surface area contributed by atoms with Gasteiger partial charge in [-0.05, 0) is 36.8 Å². The van der Waals surface area contributed by atoms with Gasteiger partial charge >= 0.3 is 6.18 Å². The Kier molecular flexibility index (Phi) is 6.22. The average molecular weight is 306 g/mol. The number of halogens is 3. The maximum absolute atomic E-state index is 12.6. The Morgan fingerprint density at radius 1 is 1.40 bits per heavy atom. The van der Waals surface area contributed by atoms with E-state index in [1.54, 1.807) is 13.2 Å². The SMILES string of the molecule is COCC(C)NC(=S)NCc1cccc(C(F)(F)F)c1. The summed E-state index contributed by atoms with van der Waals surface area (Å²) in [5.74, 6) is 0. The molecule has 1 rings (SSSR count). The van der Waals surface area contributed by atoms with Gasteiger partial charge in [-0.25, -0.2) is 0 Å². The molecule has 1 aromatic carbocycles. The second-order valence-electron chi connectivity index (χ2n) is 4.38. The lowest BCUT2D eigenvalue weighted by Gasteiger charge is -2.16. The fourth-order valence-electron chi connectivity index (χ4n) is 1.61. The molecule has 1 aromatic rings. The minimum absolute atomic E-state index is 0.0292. The van der Waals surface area contributed by atoms with Crippen LogP contribution in [0.2, 0.25) is 0 Å². The van der Waals surface area contributed by atoms with Crippen molar-refractivity contribution < 1.29 is 17.9 Å². The summed E-state index contributed by atoms with van der Waals surface area (Å²) in [5, 5.41) is 6.21. The van der Waals surface area contributed by atoms with Crippen LogP contribution in [0, 0.1) is 0 Å². The average Bonchev–Trinajstić information content (AvgIpc) is 2.36. The number of ether oxygens (including phenoxy) is 1. The third kappa shape index (κ3) is 5.75. The Hall–Kier alpha value is -1.34. The van der Waals surface area contributed by atoms with Crippen LogP contribution in [-0.2, 0) is 17.5 Å². The van der Waals surface area contributed by atoms with Crippen molar-refractivity contribution in [2.45, 2.75) is 25.7 Å². The lowest BCUT2D eigenvalue weighted by Crippen LogP contribution is -2.42. The highest BCUT2D eigenvalue weighted by Crippen LogP contribution is 2.29. The minimum Gasteiger partial charge on any atom is -0.383 e. The van der Waals surface area contributed by atoms with Crippen molar-refractivity contribution in [3.63, 3.8) is 0 Å². The molecule has 0 bridgehead atoms. The zero-order valence-corrected chi connectivity index (χ0v) is 12.1. The number of rotatable bonds is 5. The van der Waals surface area contributed by atoms with Crippen LogP contribution in [0.15, 0.2) is 24.3 Å². The molecule has 0 spiro atoms. The molecule has 0 aliphatic heterocycles. The molecule has 0 aliphatic carbocycles. The van der Waals surface area contributed by atoms with Crippen LogP contribution >= 0.6 is 12.2 Å². The Morgan fingerprint density at radius 2 is 2.10 bits per heavy atom. The highest BCUT2D eigenvalue weighted by atomic mass is 32.1. The summed E-state index contributed by atoms with van der Waals surface area (Å²) in [6, 6.07) is 5.17. The van der Waals surface area contributed by atoms with Crippen LogP contribution in [0.4, 0.5) is 13.2 Å². The Balaban J connectivity index is 2.52. The number of hydrogen-bond donors (Lipinski definition) is 2. The fourth-order valence-corrected chi connectivity index (χ4v) is 1.88. The lowest BCUT2D eigenvalue weighted by atomic mass is 10.1. The lowest BCUT2D eigenvalue weighted by molar-refractivity contribution is -0.137. The third-order valence-electron chi connectivity index (χ3n) is 2.50. The van der Waals surface area contributed by atoms with E-state index in [2.05, 4.69) is 10.6 Å².